The van der Waals surface area contributed by atoms with Gasteiger partial charge in [0, 0.05) is 57.8 Å². The van der Waals surface area contributed by atoms with E-state index in [1.54, 1.807) is 12.3 Å². The Labute approximate surface area is 125 Å². The van der Waals surface area contributed by atoms with E-state index in [1.165, 1.54) is 12.1 Å². The van der Waals surface area contributed by atoms with Crippen LogP contribution in [0.25, 0.3) is 10.9 Å². The van der Waals surface area contributed by atoms with Crippen molar-refractivity contribution < 1.29 is 9.13 Å². The number of anilines is 1. The van der Waals surface area contributed by atoms with E-state index in [0.717, 1.165) is 11.4 Å². The van der Waals surface area contributed by atoms with Gasteiger partial charge in [0.25, 0.3) is 5.69 Å². The average molecular weight is 307 g/mol. The van der Waals surface area contributed by atoms with Gasteiger partial charge < -0.3 is 5.32 Å². The Hall–Kier alpha value is -2.02. The van der Waals surface area contributed by atoms with E-state index in [4.69, 9.17) is 0 Å². The van der Waals surface area contributed by atoms with Gasteiger partial charge in [-0.1, -0.05) is 0 Å². The van der Waals surface area contributed by atoms with Crippen LogP contribution < -0.4 is 5.32 Å². The van der Waals surface area contributed by atoms with Crippen LogP contribution in [0.15, 0.2) is 24.3 Å². The number of rotatable bonds is 5. The summed E-state index contributed by atoms with van der Waals surface area (Å²) in [6.07, 6.45) is 1.66. The van der Waals surface area contributed by atoms with Crippen molar-refractivity contribution in [3.8, 4) is 0 Å². The third-order valence-electron chi connectivity index (χ3n) is 3.28. The SMILES string of the molecule is Cc1cc(NC[C@H](C)[S@](C)=O)c2cc([N+](=O)[O-])ccc2n1. The van der Waals surface area contributed by atoms with Gasteiger partial charge in [-0.3, -0.25) is 19.3 Å². The molecule has 1 N–H and O–H groups in total. The number of nitrogens with zero attached hydrogens (tertiary/aromatic N) is 2. The zero-order chi connectivity index (χ0) is 15.6. The molecule has 0 saturated carbocycles. The lowest BCUT2D eigenvalue weighted by Crippen LogP contribution is -2.20. The van der Waals surface area contributed by atoms with Gasteiger partial charge in [0.2, 0.25) is 0 Å². The Kier molecular flexibility index (Phi) is 4.52. The second-order valence-electron chi connectivity index (χ2n) is 4.96. The number of nitro benzene ring substituents is 1. The number of non-ortho nitro benzene ring substituents is 1. The molecule has 0 saturated heterocycles. The van der Waals surface area contributed by atoms with Crippen molar-refractivity contribution in [2.24, 2.45) is 0 Å². The van der Waals surface area contributed by atoms with Crippen LogP contribution in [0, 0.1) is 17.0 Å². The minimum atomic E-state index is -0.921. The highest BCUT2D eigenvalue weighted by molar-refractivity contribution is 7.84. The zero-order valence-electron chi connectivity index (χ0n) is 12.1. The smallest absolute Gasteiger partial charge is 0.270 e. The summed E-state index contributed by atoms with van der Waals surface area (Å²) in [4.78, 5) is 14.9. The standard InChI is InChI=1S/C14H17N3O3S/c1-9-6-14(15-8-10(2)21(3)20)12-7-11(17(18)19)4-5-13(12)16-9/h4-7,10H,8H2,1-3H3,(H,15,16)/t10-,21-/m0/s1. The van der Waals surface area contributed by atoms with Gasteiger partial charge in [-0.15, -0.1) is 0 Å². The fourth-order valence-electron chi connectivity index (χ4n) is 1.98. The summed E-state index contributed by atoms with van der Waals surface area (Å²) in [7, 11) is -0.921. The van der Waals surface area contributed by atoms with Crippen LogP contribution in [0.2, 0.25) is 0 Å². The molecule has 0 bridgehead atoms. The lowest BCUT2D eigenvalue weighted by atomic mass is 10.1. The molecule has 1 aromatic heterocycles. The molecule has 1 heterocycles. The third-order valence-corrected chi connectivity index (χ3v) is 4.58. The molecular weight excluding hydrogens is 290 g/mol. The number of hydrogen-bond acceptors (Lipinski definition) is 5. The predicted molar refractivity (Wildman–Crippen MR) is 85.2 cm³/mol. The van der Waals surface area contributed by atoms with Gasteiger partial charge in [0.15, 0.2) is 0 Å². The highest BCUT2D eigenvalue weighted by atomic mass is 32.2. The average Bonchev–Trinajstić information content (AvgIpc) is 2.43. The molecule has 0 aliphatic rings. The first-order valence-electron chi connectivity index (χ1n) is 6.50. The summed E-state index contributed by atoms with van der Waals surface area (Å²) in [5.74, 6) is 0. The largest absolute Gasteiger partial charge is 0.383 e. The van der Waals surface area contributed by atoms with Crippen LogP contribution in [-0.2, 0) is 10.8 Å². The molecule has 21 heavy (non-hydrogen) atoms. The van der Waals surface area contributed by atoms with Crippen molar-refractivity contribution in [1.82, 2.24) is 4.98 Å². The van der Waals surface area contributed by atoms with Gasteiger partial charge in [-0.2, -0.15) is 0 Å². The van der Waals surface area contributed by atoms with Crippen molar-refractivity contribution in [2.75, 3.05) is 18.1 Å². The number of pyridine rings is 1. The summed E-state index contributed by atoms with van der Waals surface area (Å²) in [5.41, 5.74) is 2.33. The number of hydrogen-bond donors (Lipinski definition) is 1. The van der Waals surface area contributed by atoms with Crippen LogP contribution in [0.3, 0.4) is 0 Å². The summed E-state index contributed by atoms with van der Waals surface area (Å²) < 4.78 is 11.4. The van der Waals surface area contributed by atoms with Crippen molar-refractivity contribution in [2.45, 2.75) is 19.1 Å². The minimum Gasteiger partial charge on any atom is -0.383 e. The third kappa shape index (κ3) is 3.55. The van der Waals surface area contributed by atoms with Gasteiger partial charge in [0.05, 0.1) is 10.4 Å². The van der Waals surface area contributed by atoms with E-state index in [9.17, 15) is 14.3 Å². The fraction of sp³-hybridized carbons (Fsp3) is 0.357. The van der Waals surface area contributed by atoms with E-state index in [1.807, 2.05) is 19.9 Å². The molecule has 0 fully saturated rings. The highest BCUT2D eigenvalue weighted by Crippen LogP contribution is 2.27. The Morgan fingerprint density at radius 3 is 2.76 bits per heavy atom. The first kappa shape index (κ1) is 15.4. The summed E-state index contributed by atoms with van der Waals surface area (Å²) in [6.45, 7) is 4.29. The Bertz CT molecular complexity index is 718. The summed E-state index contributed by atoms with van der Waals surface area (Å²) in [5, 5.41) is 14.8. The van der Waals surface area contributed by atoms with E-state index in [-0.39, 0.29) is 10.9 Å². The van der Waals surface area contributed by atoms with Gasteiger partial charge in [-0.25, -0.2) is 0 Å². The molecular formula is C14H17N3O3S. The summed E-state index contributed by atoms with van der Waals surface area (Å²) >= 11 is 0. The quantitative estimate of drug-likeness (QED) is 0.678. The lowest BCUT2D eigenvalue weighted by molar-refractivity contribution is -0.384. The molecule has 1 aromatic carbocycles. The van der Waals surface area contributed by atoms with Crippen molar-refractivity contribution >= 4 is 33.1 Å². The molecule has 0 aliphatic carbocycles. The molecule has 2 aromatic rings. The molecule has 7 heteroatoms. The molecule has 0 amide bonds. The highest BCUT2D eigenvalue weighted by Gasteiger charge is 2.12. The maximum atomic E-state index is 11.4. The Morgan fingerprint density at radius 2 is 2.14 bits per heavy atom. The number of benzene rings is 1. The number of fused-ring (bicyclic) bond motifs is 1. The van der Waals surface area contributed by atoms with Gasteiger partial charge in [-0.05, 0) is 26.0 Å². The van der Waals surface area contributed by atoms with E-state index >= 15 is 0 Å². The molecule has 6 nitrogen and oxygen atoms in total. The zero-order valence-corrected chi connectivity index (χ0v) is 12.9. The second-order valence-corrected chi connectivity index (χ2v) is 6.76. The lowest BCUT2D eigenvalue weighted by Gasteiger charge is -2.13. The normalized spacial score (nSPS) is 13.9. The van der Waals surface area contributed by atoms with Crippen molar-refractivity contribution in [3.05, 3.63) is 40.1 Å². The van der Waals surface area contributed by atoms with E-state index in [2.05, 4.69) is 10.3 Å². The minimum absolute atomic E-state index is 0.00720. The molecule has 2 rings (SSSR count). The van der Waals surface area contributed by atoms with Crippen LogP contribution in [-0.4, -0.2) is 32.2 Å². The molecule has 0 aliphatic heterocycles. The fourth-order valence-corrected chi connectivity index (χ4v) is 2.30. The van der Waals surface area contributed by atoms with Crippen LogP contribution in [0.4, 0.5) is 11.4 Å². The van der Waals surface area contributed by atoms with E-state index < -0.39 is 15.7 Å². The maximum Gasteiger partial charge on any atom is 0.270 e. The molecule has 0 spiro atoms. The summed E-state index contributed by atoms with van der Waals surface area (Å²) in [6, 6.07) is 6.45. The Morgan fingerprint density at radius 1 is 1.43 bits per heavy atom. The topological polar surface area (TPSA) is 85.1 Å². The van der Waals surface area contributed by atoms with Crippen LogP contribution in [0.5, 0.6) is 0 Å². The van der Waals surface area contributed by atoms with Crippen LogP contribution in [0.1, 0.15) is 12.6 Å². The van der Waals surface area contributed by atoms with Crippen molar-refractivity contribution in [3.63, 3.8) is 0 Å². The van der Waals surface area contributed by atoms with Gasteiger partial charge >= 0.3 is 0 Å². The monoisotopic (exact) mass is 307 g/mol. The molecule has 0 radical (unpaired) electrons. The molecule has 0 unspecified atom stereocenters. The first-order valence-corrected chi connectivity index (χ1v) is 8.12. The molecule has 112 valence electrons. The number of aryl methyl sites for hydroxylation is 1. The number of nitro groups is 1. The first-order chi connectivity index (χ1) is 9.88. The van der Waals surface area contributed by atoms with Crippen LogP contribution >= 0.6 is 0 Å². The number of nitrogens with one attached hydrogen (secondary N) is 1. The van der Waals surface area contributed by atoms with Gasteiger partial charge in [0.1, 0.15) is 0 Å². The van der Waals surface area contributed by atoms with Crippen molar-refractivity contribution in [1.29, 1.82) is 0 Å². The van der Waals surface area contributed by atoms with E-state index in [0.29, 0.717) is 17.4 Å². The maximum absolute atomic E-state index is 11.4. The second kappa shape index (κ2) is 6.17. The molecule has 2 atom stereocenters. The predicted octanol–water partition coefficient (Wildman–Crippen LogP) is 2.63. The number of aromatic nitrogens is 1. The Balaban J connectivity index is 2.42.